The Morgan fingerprint density at radius 2 is 1.97 bits per heavy atom. The zero-order valence-corrected chi connectivity index (χ0v) is 17.8. The van der Waals surface area contributed by atoms with Gasteiger partial charge < -0.3 is 10.1 Å². The first-order valence-electron chi connectivity index (χ1n) is 8.51. The third-order valence-corrected chi connectivity index (χ3v) is 5.58. The van der Waals surface area contributed by atoms with Crippen LogP contribution in [-0.4, -0.2) is 33.4 Å². The summed E-state index contributed by atoms with van der Waals surface area (Å²) in [7, 11) is 0. The van der Waals surface area contributed by atoms with E-state index in [2.05, 4.69) is 20.3 Å². The number of hydrogen-bond donors (Lipinski definition) is 1. The van der Waals surface area contributed by atoms with Crippen LogP contribution in [0.15, 0.2) is 36.7 Å². The van der Waals surface area contributed by atoms with Gasteiger partial charge in [0, 0.05) is 22.4 Å². The monoisotopic (exact) mass is 450 g/mol. The van der Waals surface area contributed by atoms with Crippen LogP contribution in [0.4, 0.5) is 0 Å². The fourth-order valence-electron chi connectivity index (χ4n) is 2.50. The molecule has 0 bridgehead atoms. The highest BCUT2D eigenvalue weighted by Gasteiger charge is 2.20. The van der Waals surface area contributed by atoms with Crippen molar-refractivity contribution in [1.82, 2.24) is 20.3 Å². The minimum atomic E-state index is -0.630. The first kappa shape index (κ1) is 21.2. The van der Waals surface area contributed by atoms with Gasteiger partial charge in [-0.15, -0.1) is 11.3 Å². The number of nitrogens with zero attached hydrogens (tertiary/aromatic N) is 3. The van der Waals surface area contributed by atoms with E-state index in [-0.39, 0.29) is 6.04 Å². The molecular weight excluding hydrogens is 435 g/mol. The minimum absolute atomic E-state index is 0.300. The Kier molecular flexibility index (Phi) is 6.79. The second kappa shape index (κ2) is 9.30. The van der Waals surface area contributed by atoms with Crippen LogP contribution in [0.2, 0.25) is 10.0 Å². The van der Waals surface area contributed by atoms with Gasteiger partial charge in [-0.25, -0.2) is 19.7 Å². The van der Waals surface area contributed by atoms with E-state index >= 15 is 0 Å². The maximum Gasteiger partial charge on any atom is 0.350 e. The predicted octanol–water partition coefficient (Wildman–Crippen LogP) is 4.25. The lowest BCUT2D eigenvalue weighted by Gasteiger charge is -2.16. The molecule has 3 aromatic rings. The molecule has 1 N–H and O–H groups in total. The van der Waals surface area contributed by atoms with Crippen molar-refractivity contribution in [3.05, 3.63) is 62.8 Å². The Morgan fingerprint density at radius 1 is 1.24 bits per heavy atom. The molecule has 2 heterocycles. The first-order chi connectivity index (χ1) is 13.8. The number of thiazole rings is 1. The predicted molar refractivity (Wildman–Crippen MR) is 111 cm³/mol. The van der Waals surface area contributed by atoms with Crippen molar-refractivity contribution in [1.29, 1.82) is 0 Å². The zero-order valence-electron chi connectivity index (χ0n) is 15.5. The molecule has 1 amide bonds. The van der Waals surface area contributed by atoms with Crippen molar-refractivity contribution in [3.8, 4) is 10.8 Å². The van der Waals surface area contributed by atoms with Crippen molar-refractivity contribution >= 4 is 46.4 Å². The summed E-state index contributed by atoms with van der Waals surface area (Å²) < 4.78 is 5.13. The maximum absolute atomic E-state index is 12.4. The third kappa shape index (κ3) is 5.29. The molecule has 0 aliphatic heterocycles. The van der Waals surface area contributed by atoms with Crippen molar-refractivity contribution in [3.63, 3.8) is 0 Å². The molecule has 0 radical (unpaired) electrons. The first-order valence-corrected chi connectivity index (χ1v) is 10.1. The number of benzene rings is 1. The lowest BCUT2D eigenvalue weighted by Crippen LogP contribution is -2.31. The number of esters is 1. The van der Waals surface area contributed by atoms with E-state index in [1.165, 1.54) is 0 Å². The van der Waals surface area contributed by atoms with E-state index in [4.69, 9.17) is 27.9 Å². The van der Waals surface area contributed by atoms with Crippen molar-refractivity contribution in [2.24, 2.45) is 0 Å². The fraction of sp³-hybridized carbons (Fsp3) is 0.211. The van der Waals surface area contributed by atoms with E-state index in [1.807, 2.05) is 0 Å². The summed E-state index contributed by atoms with van der Waals surface area (Å²) in [5.74, 6) is -0.661. The summed E-state index contributed by atoms with van der Waals surface area (Å²) in [6.45, 7) is 3.03. The second-order valence-electron chi connectivity index (χ2n) is 6.04. The molecule has 10 heteroatoms. The summed E-state index contributed by atoms with van der Waals surface area (Å²) in [6, 6.07) is 6.33. The van der Waals surface area contributed by atoms with Gasteiger partial charge >= 0.3 is 5.97 Å². The lowest BCUT2D eigenvalue weighted by atomic mass is 10.1. The average molecular weight is 451 g/mol. The smallest absolute Gasteiger partial charge is 0.350 e. The van der Waals surface area contributed by atoms with Gasteiger partial charge in [0.2, 0.25) is 0 Å². The van der Waals surface area contributed by atoms with Crippen LogP contribution in [-0.2, 0) is 9.53 Å². The normalized spacial score (nSPS) is 11.7. The topological polar surface area (TPSA) is 94.1 Å². The van der Waals surface area contributed by atoms with E-state index < -0.39 is 18.5 Å². The summed E-state index contributed by atoms with van der Waals surface area (Å²) in [6.07, 6.45) is 3.19. The number of halogens is 2. The maximum atomic E-state index is 12.4. The van der Waals surface area contributed by atoms with E-state index in [9.17, 15) is 9.59 Å². The molecule has 1 atom stereocenters. The zero-order chi connectivity index (χ0) is 21.0. The molecule has 150 valence electrons. The molecule has 2 aromatic heterocycles. The van der Waals surface area contributed by atoms with Crippen LogP contribution in [0, 0.1) is 6.92 Å². The highest BCUT2D eigenvalue weighted by atomic mass is 35.5. The van der Waals surface area contributed by atoms with Crippen LogP contribution in [0.1, 0.15) is 33.9 Å². The Morgan fingerprint density at radius 3 is 2.66 bits per heavy atom. The lowest BCUT2D eigenvalue weighted by molar-refractivity contribution is -0.124. The standard InChI is InChI=1S/C19H16Cl2N4O3S/c1-10(13-5-4-12(20)8-14(13)21)24-15(26)9-28-19(27)16-11(2)25-18(29-16)17-22-6-3-7-23-17/h3-8,10H,9H2,1-2H3,(H,24,26). The molecule has 7 nitrogen and oxygen atoms in total. The largest absolute Gasteiger partial charge is 0.451 e. The molecule has 0 aliphatic carbocycles. The molecule has 1 aromatic carbocycles. The minimum Gasteiger partial charge on any atom is -0.451 e. The number of hydrogen-bond acceptors (Lipinski definition) is 7. The fourth-order valence-corrected chi connectivity index (χ4v) is 3.98. The number of aryl methyl sites for hydroxylation is 1. The Balaban J connectivity index is 1.59. The van der Waals surface area contributed by atoms with Gasteiger partial charge in [-0.1, -0.05) is 29.3 Å². The number of amides is 1. The van der Waals surface area contributed by atoms with Crippen molar-refractivity contribution < 1.29 is 14.3 Å². The SMILES string of the molecule is Cc1nc(-c2ncccn2)sc1C(=O)OCC(=O)NC(C)c1ccc(Cl)cc1Cl. The van der Waals surface area contributed by atoms with Gasteiger partial charge in [-0.3, -0.25) is 4.79 Å². The Labute approximate surface area is 181 Å². The molecule has 0 aliphatic rings. The van der Waals surface area contributed by atoms with E-state index in [0.717, 1.165) is 11.3 Å². The Hall–Kier alpha value is -2.55. The molecule has 29 heavy (non-hydrogen) atoms. The van der Waals surface area contributed by atoms with E-state index in [1.54, 1.807) is 50.5 Å². The van der Waals surface area contributed by atoms with Crippen LogP contribution in [0.3, 0.4) is 0 Å². The van der Waals surface area contributed by atoms with Crippen LogP contribution < -0.4 is 5.32 Å². The average Bonchev–Trinajstić information content (AvgIpc) is 3.08. The summed E-state index contributed by atoms with van der Waals surface area (Å²) in [5, 5.41) is 4.19. The van der Waals surface area contributed by atoms with Gasteiger partial charge in [0.15, 0.2) is 17.4 Å². The molecule has 0 fully saturated rings. The number of rotatable bonds is 6. The van der Waals surface area contributed by atoms with Crippen LogP contribution >= 0.6 is 34.5 Å². The van der Waals surface area contributed by atoms with Crippen LogP contribution in [0.5, 0.6) is 0 Å². The number of carbonyl (C=O) groups is 2. The van der Waals surface area contributed by atoms with Crippen molar-refractivity contribution in [2.75, 3.05) is 6.61 Å². The third-order valence-electron chi connectivity index (χ3n) is 3.88. The second-order valence-corrected chi connectivity index (χ2v) is 7.88. The van der Waals surface area contributed by atoms with Gasteiger partial charge in [0.1, 0.15) is 4.88 Å². The highest BCUT2D eigenvalue weighted by Crippen LogP contribution is 2.27. The molecule has 0 saturated carbocycles. The van der Waals surface area contributed by atoms with Gasteiger partial charge in [0.05, 0.1) is 11.7 Å². The number of nitrogens with one attached hydrogen (secondary N) is 1. The summed E-state index contributed by atoms with van der Waals surface area (Å²) >= 11 is 13.1. The number of aromatic nitrogens is 3. The van der Waals surface area contributed by atoms with Crippen molar-refractivity contribution in [2.45, 2.75) is 19.9 Å². The molecule has 0 saturated heterocycles. The Bertz CT molecular complexity index is 1040. The number of carbonyl (C=O) groups excluding carboxylic acids is 2. The van der Waals surface area contributed by atoms with Gasteiger partial charge in [0.25, 0.3) is 5.91 Å². The molecule has 3 rings (SSSR count). The van der Waals surface area contributed by atoms with Gasteiger partial charge in [-0.2, -0.15) is 0 Å². The quantitative estimate of drug-likeness (QED) is 0.564. The van der Waals surface area contributed by atoms with Crippen LogP contribution in [0.25, 0.3) is 10.8 Å². The summed E-state index contributed by atoms with van der Waals surface area (Å²) in [4.78, 5) is 37.3. The van der Waals surface area contributed by atoms with Gasteiger partial charge in [-0.05, 0) is 37.6 Å². The molecule has 0 spiro atoms. The molecule has 1 unspecified atom stereocenters. The highest BCUT2D eigenvalue weighted by molar-refractivity contribution is 7.16. The molecular formula is C19H16Cl2N4O3S. The summed E-state index contributed by atoms with van der Waals surface area (Å²) in [5.41, 5.74) is 1.20. The number of ether oxygens (including phenoxy) is 1. The van der Waals surface area contributed by atoms with E-state index in [0.29, 0.717) is 37.0 Å².